The van der Waals surface area contributed by atoms with Crippen LogP contribution in [0.25, 0.3) is 0 Å². The minimum Gasteiger partial charge on any atom is -0.507 e. The van der Waals surface area contributed by atoms with Crippen molar-refractivity contribution >= 4 is 6.21 Å². The number of halogens is 1. The Morgan fingerprint density at radius 1 is 1.22 bits per heavy atom. The molecular formula is C18H20FNO3. The molecule has 0 aliphatic rings. The Morgan fingerprint density at radius 2 is 1.96 bits per heavy atom. The summed E-state index contributed by atoms with van der Waals surface area (Å²) in [5.41, 5.74) is 1.14. The number of benzene rings is 2. The highest BCUT2D eigenvalue weighted by Crippen LogP contribution is 2.22. The summed E-state index contributed by atoms with van der Waals surface area (Å²) in [6, 6.07) is 10.6. The molecule has 0 aromatic heterocycles. The summed E-state index contributed by atoms with van der Waals surface area (Å²) < 4.78 is 18.3. The van der Waals surface area contributed by atoms with Gasteiger partial charge >= 0.3 is 0 Å². The van der Waals surface area contributed by atoms with Gasteiger partial charge in [0.2, 0.25) is 0 Å². The number of ether oxygens (including phenoxy) is 1. The van der Waals surface area contributed by atoms with Crippen molar-refractivity contribution in [3.05, 3.63) is 59.4 Å². The van der Waals surface area contributed by atoms with E-state index in [1.165, 1.54) is 36.5 Å². The SMILES string of the molecule is CCCOc1ccc(C=NCC(O)c2ccc(F)cc2)c(O)c1. The van der Waals surface area contributed by atoms with Crippen molar-refractivity contribution in [1.29, 1.82) is 0 Å². The van der Waals surface area contributed by atoms with Crippen LogP contribution in [0.15, 0.2) is 47.5 Å². The fourth-order valence-electron chi connectivity index (χ4n) is 1.98. The standard InChI is InChI=1S/C18H20FNO3/c1-2-9-23-16-8-5-14(17(21)10-16)11-20-12-18(22)13-3-6-15(19)7-4-13/h3-8,10-11,18,21-22H,2,9,12H2,1H3. The second-order valence-corrected chi connectivity index (χ2v) is 5.13. The lowest BCUT2D eigenvalue weighted by Crippen LogP contribution is -2.02. The number of aromatic hydroxyl groups is 1. The van der Waals surface area contributed by atoms with Gasteiger partial charge in [-0.3, -0.25) is 4.99 Å². The number of hydrogen-bond acceptors (Lipinski definition) is 4. The Balaban J connectivity index is 1.95. The predicted octanol–water partition coefficient (Wildman–Crippen LogP) is 3.47. The topological polar surface area (TPSA) is 62.0 Å². The number of rotatable bonds is 7. The van der Waals surface area contributed by atoms with Crippen LogP contribution < -0.4 is 4.74 Å². The van der Waals surface area contributed by atoms with E-state index in [0.29, 0.717) is 23.5 Å². The lowest BCUT2D eigenvalue weighted by atomic mass is 10.1. The van der Waals surface area contributed by atoms with Crippen molar-refractivity contribution in [2.45, 2.75) is 19.4 Å². The molecule has 0 aliphatic carbocycles. The number of aliphatic imine (C=N–C) groups is 1. The first-order valence-corrected chi connectivity index (χ1v) is 7.49. The van der Waals surface area contributed by atoms with E-state index in [0.717, 1.165) is 6.42 Å². The summed E-state index contributed by atoms with van der Waals surface area (Å²) in [5, 5.41) is 19.9. The predicted molar refractivity (Wildman–Crippen MR) is 87.7 cm³/mol. The van der Waals surface area contributed by atoms with Gasteiger partial charge in [0, 0.05) is 17.8 Å². The Hall–Kier alpha value is -2.40. The molecule has 0 saturated carbocycles. The number of aliphatic hydroxyl groups is 1. The van der Waals surface area contributed by atoms with Gasteiger partial charge in [0.25, 0.3) is 0 Å². The fourth-order valence-corrected chi connectivity index (χ4v) is 1.98. The van der Waals surface area contributed by atoms with Crippen LogP contribution in [0.4, 0.5) is 4.39 Å². The molecule has 0 saturated heterocycles. The highest BCUT2D eigenvalue weighted by Gasteiger charge is 2.06. The van der Waals surface area contributed by atoms with E-state index in [4.69, 9.17) is 4.74 Å². The smallest absolute Gasteiger partial charge is 0.128 e. The highest BCUT2D eigenvalue weighted by molar-refractivity contribution is 5.83. The van der Waals surface area contributed by atoms with Gasteiger partial charge in [-0.1, -0.05) is 19.1 Å². The van der Waals surface area contributed by atoms with E-state index in [-0.39, 0.29) is 18.1 Å². The highest BCUT2D eigenvalue weighted by atomic mass is 19.1. The summed E-state index contributed by atoms with van der Waals surface area (Å²) in [6.45, 7) is 2.73. The van der Waals surface area contributed by atoms with Gasteiger partial charge in [0.1, 0.15) is 17.3 Å². The molecule has 0 amide bonds. The van der Waals surface area contributed by atoms with Gasteiger partial charge in [-0.25, -0.2) is 4.39 Å². The van der Waals surface area contributed by atoms with E-state index < -0.39 is 6.10 Å². The summed E-state index contributed by atoms with van der Waals surface area (Å²) in [6.07, 6.45) is 1.57. The second kappa shape index (κ2) is 8.29. The molecule has 1 unspecified atom stereocenters. The Kier molecular flexibility index (Phi) is 6.11. The zero-order valence-electron chi connectivity index (χ0n) is 12.9. The Labute approximate surface area is 134 Å². The maximum absolute atomic E-state index is 12.8. The molecule has 2 N–H and O–H groups in total. The monoisotopic (exact) mass is 317 g/mol. The molecule has 23 heavy (non-hydrogen) atoms. The maximum atomic E-state index is 12.8. The van der Waals surface area contributed by atoms with Gasteiger partial charge in [-0.05, 0) is 36.2 Å². The van der Waals surface area contributed by atoms with E-state index in [2.05, 4.69) is 4.99 Å². The van der Waals surface area contributed by atoms with Crippen LogP contribution in [-0.2, 0) is 0 Å². The zero-order chi connectivity index (χ0) is 16.7. The molecule has 0 radical (unpaired) electrons. The zero-order valence-corrected chi connectivity index (χ0v) is 12.9. The summed E-state index contributed by atoms with van der Waals surface area (Å²) >= 11 is 0. The molecule has 4 nitrogen and oxygen atoms in total. The largest absolute Gasteiger partial charge is 0.507 e. The van der Waals surface area contributed by atoms with Crippen LogP contribution in [-0.4, -0.2) is 29.6 Å². The van der Waals surface area contributed by atoms with Gasteiger partial charge in [0.05, 0.1) is 19.3 Å². The number of phenols is 1. The van der Waals surface area contributed by atoms with E-state index in [9.17, 15) is 14.6 Å². The first-order valence-electron chi connectivity index (χ1n) is 7.49. The van der Waals surface area contributed by atoms with Gasteiger partial charge in [0.15, 0.2) is 0 Å². The third-order valence-electron chi connectivity index (χ3n) is 3.24. The van der Waals surface area contributed by atoms with Gasteiger partial charge in [-0.2, -0.15) is 0 Å². The lowest BCUT2D eigenvalue weighted by Gasteiger charge is -2.08. The van der Waals surface area contributed by atoms with Crippen molar-refractivity contribution < 1.29 is 19.3 Å². The summed E-state index contributed by atoms with van der Waals surface area (Å²) in [4.78, 5) is 4.12. The average molecular weight is 317 g/mol. The molecule has 0 fully saturated rings. The van der Waals surface area contributed by atoms with Crippen LogP contribution in [0.5, 0.6) is 11.5 Å². The number of hydrogen-bond donors (Lipinski definition) is 2. The summed E-state index contributed by atoms with van der Waals surface area (Å²) in [7, 11) is 0. The summed E-state index contributed by atoms with van der Waals surface area (Å²) in [5.74, 6) is 0.325. The third kappa shape index (κ3) is 5.07. The molecule has 122 valence electrons. The quantitative estimate of drug-likeness (QED) is 0.769. The fraction of sp³-hybridized carbons (Fsp3) is 0.278. The van der Waals surface area contributed by atoms with Gasteiger partial charge < -0.3 is 14.9 Å². The minimum absolute atomic E-state index is 0.0682. The van der Waals surface area contributed by atoms with Crippen molar-refractivity contribution in [1.82, 2.24) is 0 Å². The van der Waals surface area contributed by atoms with Crippen LogP contribution >= 0.6 is 0 Å². The normalized spacial score (nSPS) is 12.5. The minimum atomic E-state index is -0.818. The van der Waals surface area contributed by atoms with Crippen molar-refractivity contribution in [3.8, 4) is 11.5 Å². The first-order chi connectivity index (χ1) is 11.1. The molecule has 0 spiro atoms. The van der Waals surface area contributed by atoms with Crippen LogP contribution in [0, 0.1) is 5.82 Å². The number of aliphatic hydroxyl groups excluding tert-OH is 1. The van der Waals surface area contributed by atoms with E-state index in [1.807, 2.05) is 6.92 Å². The Morgan fingerprint density at radius 3 is 2.61 bits per heavy atom. The first kappa shape index (κ1) is 17.0. The molecule has 2 aromatic carbocycles. The van der Waals surface area contributed by atoms with Crippen LogP contribution in [0.1, 0.15) is 30.6 Å². The maximum Gasteiger partial charge on any atom is 0.128 e. The molecule has 5 heteroatoms. The lowest BCUT2D eigenvalue weighted by molar-refractivity contribution is 0.187. The Bertz CT molecular complexity index is 656. The molecule has 0 heterocycles. The third-order valence-corrected chi connectivity index (χ3v) is 3.24. The van der Waals surface area contributed by atoms with Crippen LogP contribution in [0.2, 0.25) is 0 Å². The van der Waals surface area contributed by atoms with Crippen molar-refractivity contribution in [2.75, 3.05) is 13.2 Å². The van der Waals surface area contributed by atoms with Gasteiger partial charge in [-0.15, -0.1) is 0 Å². The molecule has 0 aliphatic heterocycles. The second-order valence-electron chi connectivity index (χ2n) is 5.13. The molecule has 0 bridgehead atoms. The number of nitrogens with zero attached hydrogens (tertiary/aromatic N) is 1. The molecule has 2 rings (SSSR count). The van der Waals surface area contributed by atoms with Crippen molar-refractivity contribution in [3.63, 3.8) is 0 Å². The molecule has 2 aromatic rings. The van der Waals surface area contributed by atoms with E-state index >= 15 is 0 Å². The van der Waals surface area contributed by atoms with Crippen molar-refractivity contribution in [2.24, 2.45) is 4.99 Å². The van der Waals surface area contributed by atoms with E-state index in [1.54, 1.807) is 12.1 Å². The molecular weight excluding hydrogens is 297 g/mol. The van der Waals surface area contributed by atoms with Crippen LogP contribution in [0.3, 0.4) is 0 Å². The number of phenolic OH excluding ortho intramolecular Hbond substituents is 1. The molecule has 1 atom stereocenters. The average Bonchev–Trinajstić information content (AvgIpc) is 2.55.